The van der Waals surface area contributed by atoms with E-state index in [0.29, 0.717) is 0 Å². The third kappa shape index (κ3) is 3.77. The Bertz CT molecular complexity index is 877. The lowest BCUT2D eigenvalue weighted by atomic mass is 10.1. The number of aromatic nitrogens is 1. The Hall–Kier alpha value is -1.72. The summed E-state index contributed by atoms with van der Waals surface area (Å²) in [6.07, 6.45) is 4.19. The number of hydrogen-bond donors (Lipinski definition) is 1. The van der Waals surface area contributed by atoms with Crippen LogP contribution in [-0.4, -0.2) is 24.2 Å². The Kier molecular flexibility index (Phi) is 4.86. The molecule has 0 radical (unpaired) electrons. The van der Waals surface area contributed by atoms with E-state index in [2.05, 4.69) is 56.6 Å². The summed E-state index contributed by atoms with van der Waals surface area (Å²) in [5, 5.41) is 1.20. The van der Waals surface area contributed by atoms with Gasteiger partial charge in [0.1, 0.15) is 11.9 Å². The Morgan fingerprint density at radius 2 is 1.80 bits per heavy atom. The zero-order valence-corrected chi connectivity index (χ0v) is 16.2. The number of nitrogens with zero attached hydrogens (tertiary/aromatic N) is 2. The molecule has 25 heavy (non-hydrogen) atoms. The molecule has 0 aliphatic carbocycles. The Morgan fingerprint density at radius 1 is 1.04 bits per heavy atom. The summed E-state index contributed by atoms with van der Waals surface area (Å²) in [7, 11) is 0. The first-order valence-electron chi connectivity index (χ1n) is 8.44. The van der Waals surface area contributed by atoms with Crippen molar-refractivity contribution in [3.63, 3.8) is 0 Å². The Balaban J connectivity index is 1.47. The van der Waals surface area contributed by atoms with Gasteiger partial charge in [-0.25, -0.2) is 0 Å². The molecule has 2 aromatic carbocycles. The van der Waals surface area contributed by atoms with Gasteiger partial charge in [-0.05, 0) is 48.5 Å². The van der Waals surface area contributed by atoms with Crippen LogP contribution in [0.25, 0.3) is 10.9 Å². The molecule has 1 saturated heterocycles. The summed E-state index contributed by atoms with van der Waals surface area (Å²) in [4.78, 5) is 7.87. The summed E-state index contributed by atoms with van der Waals surface area (Å²) in [5.74, 6) is 0.926. The first kappa shape index (κ1) is 16.7. The molecular formula is C20H19BrN2OS. The minimum atomic E-state index is 0.266. The van der Waals surface area contributed by atoms with E-state index in [1.807, 2.05) is 36.5 Å². The maximum absolute atomic E-state index is 6.12. The quantitative estimate of drug-likeness (QED) is 0.585. The molecule has 0 saturated carbocycles. The van der Waals surface area contributed by atoms with E-state index in [1.165, 1.54) is 11.1 Å². The summed E-state index contributed by atoms with van der Waals surface area (Å²) in [6, 6.07) is 16.3. The van der Waals surface area contributed by atoms with E-state index >= 15 is 0 Å². The maximum atomic E-state index is 6.12. The molecule has 4 rings (SSSR count). The first-order chi connectivity index (χ1) is 12.2. The van der Waals surface area contributed by atoms with Crippen LogP contribution in [0.3, 0.4) is 0 Å². The van der Waals surface area contributed by atoms with Crippen LogP contribution >= 0.6 is 28.6 Å². The molecule has 1 aliphatic rings. The second kappa shape index (κ2) is 7.26. The highest BCUT2D eigenvalue weighted by Gasteiger charge is 2.22. The third-order valence-corrected chi connectivity index (χ3v) is 5.39. The van der Waals surface area contributed by atoms with E-state index in [4.69, 9.17) is 4.74 Å². The Morgan fingerprint density at radius 3 is 2.56 bits per heavy atom. The number of thiol groups is 1. The smallest absolute Gasteiger partial charge is 0.119 e. The van der Waals surface area contributed by atoms with Crippen molar-refractivity contribution in [2.75, 3.05) is 18.0 Å². The summed E-state index contributed by atoms with van der Waals surface area (Å²) in [6.45, 7) is 1.97. The fourth-order valence-corrected chi connectivity index (χ4v) is 3.82. The van der Waals surface area contributed by atoms with E-state index in [-0.39, 0.29) is 6.10 Å². The van der Waals surface area contributed by atoms with Crippen molar-refractivity contribution in [2.24, 2.45) is 0 Å². The zero-order chi connectivity index (χ0) is 17.2. The number of ether oxygens (including phenoxy) is 1. The predicted octanol–water partition coefficient (Wildman–Crippen LogP) is 5.33. The van der Waals surface area contributed by atoms with Crippen LogP contribution in [-0.2, 0) is 0 Å². The van der Waals surface area contributed by atoms with Crippen molar-refractivity contribution in [1.29, 1.82) is 0 Å². The lowest BCUT2D eigenvalue weighted by Crippen LogP contribution is -2.38. The molecule has 0 atom stereocenters. The number of piperidine rings is 1. The minimum Gasteiger partial charge on any atom is -0.490 e. The van der Waals surface area contributed by atoms with Gasteiger partial charge in [0.15, 0.2) is 0 Å². The molecule has 0 N–H and O–H groups in total. The molecule has 0 unspecified atom stereocenters. The van der Waals surface area contributed by atoms with Crippen LogP contribution in [0.15, 0.2) is 64.1 Å². The monoisotopic (exact) mass is 414 g/mol. The highest BCUT2D eigenvalue weighted by Crippen LogP contribution is 2.30. The lowest BCUT2D eigenvalue weighted by molar-refractivity contribution is 0.171. The molecule has 1 aliphatic heterocycles. The lowest BCUT2D eigenvalue weighted by Gasteiger charge is -2.34. The van der Waals surface area contributed by atoms with Gasteiger partial charge in [-0.3, -0.25) is 4.98 Å². The molecule has 3 aromatic rings. The van der Waals surface area contributed by atoms with Gasteiger partial charge >= 0.3 is 0 Å². The zero-order valence-electron chi connectivity index (χ0n) is 13.7. The van der Waals surface area contributed by atoms with Gasteiger partial charge in [-0.15, -0.1) is 12.6 Å². The molecular weight excluding hydrogens is 396 g/mol. The molecule has 128 valence electrons. The molecule has 1 aromatic heterocycles. The molecule has 5 heteroatoms. The third-order valence-electron chi connectivity index (χ3n) is 4.60. The fraction of sp³-hybridized carbons (Fsp3) is 0.250. The van der Waals surface area contributed by atoms with Gasteiger partial charge in [0.25, 0.3) is 0 Å². The van der Waals surface area contributed by atoms with Crippen LogP contribution in [0.5, 0.6) is 5.75 Å². The molecule has 0 bridgehead atoms. The normalized spacial score (nSPS) is 15.5. The predicted molar refractivity (Wildman–Crippen MR) is 109 cm³/mol. The van der Waals surface area contributed by atoms with Crippen molar-refractivity contribution in [2.45, 2.75) is 23.8 Å². The average molecular weight is 415 g/mol. The molecule has 0 amide bonds. The minimum absolute atomic E-state index is 0.266. The van der Waals surface area contributed by atoms with E-state index in [1.54, 1.807) is 0 Å². The largest absolute Gasteiger partial charge is 0.490 e. The van der Waals surface area contributed by atoms with Crippen molar-refractivity contribution in [1.82, 2.24) is 4.98 Å². The number of anilines is 1. The average Bonchev–Trinajstić information content (AvgIpc) is 2.64. The van der Waals surface area contributed by atoms with Gasteiger partial charge in [-0.2, -0.15) is 0 Å². The van der Waals surface area contributed by atoms with Crippen molar-refractivity contribution < 1.29 is 4.74 Å². The Labute approximate surface area is 161 Å². The number of hydrogen-bond acceptors (Lipinski definition) is 4. The SMILES string of the molecule is Sc1ccc(OC2CCN(c3ccnc4ccc(Br)cc34)CC2)cc1. The van der Waals surface area contributed by atoms with Gasteiger partial charge in [0.05, 0.1) is 5.52 Å². The highest BCUT2D eigenvalue weighted by atomic mass is 79.9. The van der Waals surface area contributed by atoms with Crippen LogP contribution in [0.1, 0.15) is 12.8 Å². The van der Waals surface area contributed by atoms with Gasteiger partial charge in [-0.1, -0.05) is 15.9 Å². The van der Waals surface area contributed by atoms with Crippen molar-refractivity contribution in [3.8, 4) is 5.75 Å². The highest BCUT2D eigenvalue weighted by molar-refractivity contribution is 9.10. The summed E-state index contributed by atoms with van der Waals surface area (Å²) in [5.41, 5.74) is 2.29. The van der Waals surface area contributed by atoms with Crippen LogP contribution in [0.4, 0.5) is 5.69 Å². The number of halogens is 1. The number of fused-ring (bicyclic) bond motifs is 1. The van der Waals surface area contributed by atoms with Crippen LogP contribution in [0.2, 0.25) is 0 Å². The molecule has 3 nitrogen and oxygen atoms in total. The van der Waals surface area contributed by atoms with Gasteiger partial charge in [0, 0.05) is 52.6 Å². The molecule has 0 spiro atoms. The maximum Gasteiger partial charge on any atom is 0.119 e. The number of pyridine rings is 1. The number of benzene rings is 2. The van der Waals surface area contributed by atoms with Crippen LogP contribution < -0.4 is 9.64 Å². The standard InChI is InChI=1S/C20H19BrN2OS/c21-14-1-6-19-18(13-14)20(7-10-22-19)23-11-8-16(9-12-23)24-15-2-4-17(25)5-3-15/h1-7,10,13,16,25H,8-9,11-12H2. The van der Waals surface area contributed by atoms with E-state index in [0.717, 1.165) is 46.6 Å². The van der Waals surface area contributed by atoms with Gasteiger partial charge < -0.3 is 9.64 Å². The molecule has 2 heterocycles. The van der Waals surface area contributed by atoms with E-state index < -0.39 is 0 Å². The van der Waals surface area contributed by atoms with E-state index in [9.17, 15) is 0 Å². The topological polar surface area (TPSA) is 25.4 Å². The van der Waals surface area contributed by atoms with Gasteiger partial charge in [0.2, 0.25) is 0 Å². The molecule has 1 fully saturated rings. The van der Waals surface area contributed by atoms with Crippen molar-refractivity contribution >= 4 is 45.1 Å². The second-order valence-corrected chi connectivity index (χ2v) is 7.72. The van der Waals surface area contributed by atoms with Crippen LogP contribution in [0, 0.1) is 0 Å². The second-order valence-electron chi connectivity index (χ2n) is 6.29. The summed E-state index contributed by atoms with van der Waals surface area (Å²) >= 11 is 7.89. The van der Waals surface area contributed by atoms with Crippen molar-refractivity contribution in [3.05, 3.63) is 59.2 Å². The first-order valence-corrected chi connectivity index (χ1v) is 9.68. The fourth-order valence-electron chi connectivity index (χ4n) is 3.31. The summed E-state index contributed by atoms with van der Waals surface area (Å²) < 4.78 is 7.20. The number of rotatable bonds is 3.